The maximum absolute atomic E-state index is 13.0. The number of aromatic amines is 1. The van der Waals surface area contributed by atoms with Crippen molar-refractivity contribution in [3.63, 3.8) is 0 Å². The molecule has 0 saturated heterocycles. The molecule has 1 aliphatic carbocycles. The highest BCUT2D eigenvalue weighted by Crippen LogP contribution is 2.35. The second kappa shape index (κ2) is 8.86. The number of carbonyl (C=O) groups is 1. The van der Waals surface area contributed by atoms with Gasteiger partial charge in [0.25, 0.3) is 0 Å². The summed E-state index contributed by atoms with van der Waals surface area (Å²) in [7, 11) is 0. The van der Waals surface area contributed by atoms with Crippen LogP contribution in [-0.2, 0) is 11.2 Å². The van der Waals surface area contributed by atoms with E-state index in [2.05, 4.69) is 72.8 Å². The quantitative estimate of drug-likeness (QED) is 0.534. The van der Waals surface area contributed by atoms with Crippen LogP contribution in [0.5, 0.6) is 0 Å². The van der Waals surface area contributed by atoms with Crippen molar-refractivity contribution in [1.82, 2.24) is 10.3 Å². The number of benzene rings is 2. The molecule has 1 aromatic heterocycles. The normalized spacial score (nSPS) is 16.1. The number of aryl methyl sites for hydroxylation is 2. The highest BCUT2D eigenvalue weighted by atomic mass is 16.1. The van der Waals surface area contributed by atoms with E-state index in [4.69, 9.17) is 0 Å². The summed E-state index contributed by atoms with van der Waals surface area (Å²) in [5, 5.41) is 4.55. The number of hydrogen-bond acceptors (Lipinski definition) is 1. The summed E-state index contributed by atoms with van der Waals surface area (Å²) in [4.78, 5) is 16.5. The molecule has 0 bridgehead atoms. The van der Waals surface area contributed by atoms with Crippen molar-refractivity contribution in [2.45, 2.75) is 70.8 Å². The van der Waals surface area contributed by atoms with E-state index in [0.717, 1.165) is 19.3 Å². The van der Waals surface area contributed by atoms with Crippen LogP contribution >= 0.6 is 0 Å². The molecule has 0 aliphatic heterocycles. The Hall–Kier alpha value is -2.55. The molecule has 0 spiro atoms. The monoisotopic (exact) mass is 388 g/mol. The van der Waals surface area contributed by atoms with E-state index in [-0.39, 0.29) is 11.8 Å². The predicted molar refractivity (Wildman–Crippen MR) is 120 cm³/mol. The standard InChI is InChI=1S/C26H32N2O/c1-3-19-10-8-14-22-24(17-27-26(19)22)23(20-11-7-9-18(2)15-20)16-25(29)28-21-12-5-4-6-13-21/h7-11,14-15,17,21,23,27H,3-6,12-13,16H2,1-2H3,(H,28,29). The summed E-state index contributed by atoms with van der Waals surface area (Å²) < 4.78 is 0. The molecule has 2 aromatic carbocycles. The molecule has 1 heterocycles. The number of hydrogen-bond donors (Lipinski definition) is 2. The third-order valence-electron chi connectivity index (χ3n) is 6.39. The molecule has 29 heavy (non-hydrogen) atoms. The number of amides is 1. The summed E-state index contributed by atoms with van der Waals surface area (Å²) in [5.41, 5.74) is 6.19. The molecule has 4 rings (SSSR count). The smallest absolute Gasteiger partial charge is 0.221 e. The van der Waals surface area contributed by atoms with Crippen molar-refractivity contribution in [2.24, 2.45) is 0 Å². The lowest BCUT2D eigenvalue weighted by Gasteiger charge is -2.24. The highest BCUT2D eigenvalue weighted by Gasteiger charge is 2.24. The Morgan fingerprint density at radius 1 is 1.14 bits per heavy atom. The van der Waals surface area contributed by atoms with Gasteiger partial charge in [-0.15, -0.1) is 0 Å². The van der Waals surface area contributed by atoms with Crippen molar-refractivity contribution in [2.75, 3.05) is 0 Å². The van der Waals surface area contributed by atoms with Gasteiger partial charge >= 0.3 is 0 Å². The number of nitrogens with one attached hydrogen (secondary N) is 2. The Balaban J connectivity index is 1.67. The fraction of sp³-hybridized carbons (Fsp3) is 0.423. The number of rotatable bonds is 6. The topological polar surface area (TPSA) is 44.9 Å². The first-order valence-electron chi connectivity index (χ1n) is 11.1. The third-order valence-corrected chi connectivity index (χ3v) is 6.39. The van der Waals surface area contributed by atoms with Gasteiger partial charge in [0, 0.05) is 35.5 Å². The summed E-state index contributed by atoms with van der Waals surface area (Å²) in [6.45, 7) is 4.30. The van der Waals surface area contributed by atoms with Crippen LogP contribution in [0.1, 0.15) is 73.6 Å². The second-order valence-corrected chi connectivity index (χ2v) is 8.51. The van der Waals surface area contributed by atoms with Crippen molar-refractivity contribution in [3.05, 3.63) is 70.9 Å². The molecule has 1 atom stereocenters. The molecule has 1 amide bonds. The van der Waals surface area contributed by atoms with Crippen LogP contribution in [0, 0.1) is 6.92 Å². The molecule has 3 heteroatoms. The minimum atomic E-state index is 0.0550. The molecule has 3 aromatic rings. The second-order valence-electron chi connectivity index (χ2n) is 8.51. The Kier molecular flexibility index (Phi) is 6.03. The molecule has 0 radical (unpaired) electrons. The van der Waals surface area contributed by atoms with Crippen LogP contribution < -0.4 is 5.32 Å². The van der Waals surface area contributed by atoms with Gasteiger partial charge in [-0.1, -0.05) is 74.2 Å². The maximum Gasteiger partial charge on any atom is 0.221 e. The minimum Gasteiger partial charge on any atom is -0.361 e. The summed E-state index contributed by atoms with van der Waals surface area (Å²) >= 11 is 0. The Morgan fingerprint density at radius 2 is 1.93 bits per heavy atom. The van der Waals surface area contributed by atoms with Crippen molar-refractivity contribution < 1.29 is 4.79 Å². The first kappa shape index (κ1) is 19.8. The maximum atomic E-state index is 13.0. The van der Waals surface area contributed by atoms with Crippen molar-refractivity contribution in [3.8, 4) is 0 Å². The molecule has 1 aliphatic rings. The zero-order valence-electron chi connectivity index (χ0n) is 17.6. The van der Waals surface area contributed by atoms with E-state index in [1.807, 2.05) is 0 Å². The number of aromatic nitrogens is 1. The lowest BCUT2D eigenvalue weighted by atomic mass is 9.86. The fourth-order valence-electron chi connectivity index (χ4n) is 4.83. The number of H-pyrrole nitrogens is 1. The van der Waals surface area contributed by atoms with E-state index >= 15 is 0 Å². The molecule has 2 N–H and O–H groups in total. The zero-order chi connectivity index (χ0) is 20.2. The number of carbonyl (C=O) groups excluding carboxylic acids is 1. The Bertz CT molecular complexity index is 981. The first-order valence-corrected chi connectivity index (χ1v) is 11.1. The van der Waals surface area contributed by atoms with Gasteiger partial charge in [-0.3, -0.25) is 4.79 Å². The number of fused-ring (bicyclic) bond motifs is 1. The van der Waals surface area contributed by atoms with E-state index in [0.29, 0.717) is 12.5 Å². The van der Waals surface area contributed by atoms with Crippen LogP contribution in [0.25, 0.3) is 10.9 Å². The van der Waals surface area contributed by atoms with Crippen molar-refractivity contribution in [1.29, 1.82) is 0 Å². The van der Waals surface area contributed by atoms with Gasteiger partial charge in [-0.25, -0.2) is 0 Å². The number of para-hydroxylation sites is 1. The van der Waals surface area contributed by atoms with Crippen LogP contribution in [0.2, 0.25) is 0 Å². The molecule has 1 saturated carbocycles. The van der Waals surface area contributed by atoms with Gasteiger partial charge < -0.3 is 10.3 Å². The van der Waals surface area contributed by atoms with Gasteiger partial charge in [0.2, 0.25) is 5.91 Å². The van der Waals surface area contributed by atoms with E-state index in [9.17, 15) is 4.79 Å². The van der Waals surface area contributed by atoms with E-state index < -0.39 is 0 Å². The van der Waals surface area contributed by atoms with E-state index in [1.165, 1.54) is 52.4 Å². The summed E-state index contributed by atoms with van der Waals surface area (Å²) in [5.74, 6) is 0.226. The molecule has 3 nitrogen and oxygen atoms in total. The van der Waals surface area contributed by atoms with Crippen LogP contribution in [0.3, 0.4) is 0 Å². The lowest BCUT2D eigenvalue weighted by Crippen LogP contribution is -2.36. The Morgan fingerprint density at radius 3 is 2.69 bits per heavy atom. The average molecular weight is 389 g/mol. The van der Waals surface area contributed by atoms with Gasteiger partial charge in [0.1, 0.15) is 0 Å². The zero-order valence-corrected chi connectivity index (χ0v) is 17.6. The average Bonchev–Trinajstić information content (AvgIpc) is 3.17. The van der Waals surface area contributed by atoms with Gasteiger partial charge in [-0.05, 0) is 42.9 Å². The summed E-state index contributed by atoms with van der Waals surface area (Å²) in [6, 6.07) is 15.4. The Labute approximate surface area is 173 Å². The molecule has 1 unspecified atom stereocenters. The molecule has 1 fully saturated rings. The first-order chi connectivity index (χ1) is 14.2. The van der Waals surface area contributed by atoms with Crippen LogP contribution in [0.4, 0.5) is 0 Å². The third kappa shape index (κ3) is 4.39. The molecule has 152 valence electrons. The van der Waals surface area contributed by atoms with Crippen molar-refractivity contribution >= 4 is 16.8 Å². The molecular weight excluding hydrogens is 356 g/mol. The molecular formula is C26H32N2O. The highest BCUT2D eigenvalue weighted by molar-refractivity contribution is 5.88. The fourth-order valence-corrected chi connectivity index (χ4v) is 4.83. The largest absolute Gasteiger partial charge is 0.361 e. The predicted octanol–water partition coefficient (Wildman–Crippen LogP) is 6.01. The summed E-state index contributed by atoms with van der Waals surface area (Å²) in [6.07, 6.45) is 9.60. The van der Waals surface area contributed by atoms with Gasteiger partial charge in [0.05, 0.1) is 0 Å². The van der Waals surface area contributed by atoms with Gasteiger partial charge in [0.15, 0.2) is 0 Å². The van der Waals surface area contributed by atoms with Crippen LogP contribution in [0.15, 0.2) is 48.7 Å². The SMILES string of the molecule is CCc1cccc2c(C(CC(=O)NC3CCCCC3)c3cccc(C)c3)c[nH]c12. The van der Waals surface area contributed by atoms with E-state index in [1.54, 1.807) is 0 Å². The minimum absolute atomic E-state index is 0.0550. The van der Waals surface area contributed by atoms with Crippen LogP contribution in [-0.4, -0.2) is 16.9 Å². The lowest BCUT2D eigenvalue weighted by molar-refractivity contribution is -0.122. The van der Waals surface area contributed by atoms with Gasteiger partial charge in [-0.2, -0.15) is 0 Å².